The molecule has 0 bridgehead atoms. The Bertz CT molecular complexity index is 627. The molecule has 1 aromatic rings. The van der Waals surface area contributed by atoms with E-state index in [2.05, 4.69) is 41.7 Å². The fourth-order valence-electron chi connectivity index (χ4n) is 3.21. The van der Waals surface area contributed by atoms with E-state index in [0.29, 0.717) is 26.2 Å². The first-order valence-corrected chi connectivity index (χ1v) is 10.9. The van der Waals surface area contributed by atoms with Crippen LogP contribution in [-0.4, -0.2) is 51.4 Å². The van der Waals surface area contributed by atoms with Gasteiger partial charge < -0.3 is 4.74 Å². The molecule has 1 saturated heterocycles. The fraction of sp³-hybridized carbons (Fsp3) is 0.684. The van der Waals surface area contributed by atoms with Crippen molar-refractivity contribution in [2.45, 2.75) is 51.3 Å². The van der Waals surface area contributed by atoms with E-state index in [4.69, 9.17) is 4.74 Å². The van der Waals surface area contributed by atoms with Crippen LogP contribution in [-0.2, 0) is 14.8 Å². The second kappa shape index (κ2) is 9.67. The quantitative estimate of drug-likeness (QED) is 0.728. The summed E-state index contributed by atoms with van der Waals surface area (Å²) in [6.07, 6.45) is 2.66. The summed E-state index contributed by atoms with van der Waals surface area (Å²) in [6, 6.07) is 8.38. The maximum Gasteiger partial charge on any atom is 0.214 e. The van der Waals surface area contributed by atoms with Crippen molar-refractivity contribution < 1.29 is 13.2 Å². The maximum atomic E-state index is 12.6. The molecule has 0 radical (unpaired) electrons. The van der Waals surface area contributed by atoms with Crippen molar-refractivity contribution in [1.29, 1.82) is 0 Å². The Balaban J connectivity index is 2.10. The first-order chi connectivity index (χ1) is 11.9. The summed E-state index contributed by atoms with van der Waals surface area (Å²) >= 11 is 0. The van der Waals surface area contributed by atoms with Gasteiger partial charge in [-0.25, -0.2) is 13.1 Å². The number of nitrogens with one attached hydrogen (secondary N) is 1. The van der Waals surface area contributed by atoms with Crippen LogP contribution >= 0.6 is 0 Å². The minimum absolute atomic E-state index is 0.0388. The van der Waals surface area contributed by atoms with Crippen molar-refractivity contribution in [2.75, 3.05) is 32.8 Å². The number of morpholine rings is 1. The standard InChI is InChI=1S/C19H32N2O3S/c1-4-5-8-17(3)25(22,23)20-15-19(21-10-12-24-13-11-21)18-9-6-7-16(2)14-18/h6-7,9,14,17,19-20H,4-5,8,10-13,15H2,1-3H3/t17-,19-/m1/s1. The van der Waals surface area contributed by atoms with Gasteiger partial charge in [-0.3, -0.25) is 4.90 Å². The van der Waals surface area contributed by atoms with Crippen LogP contribution in [0.1, 0.15) is 50.3 Å². The molecule has 1 aliphatic rings. The molecule has 25 heavy (non-hydrogen) atoms. The summed E-state index contributed by atoms with van der Waals surface area (Å²) < 4.78 is 33.5. The summed E-state index contributed by atoms with van der Waals surface area (Å²) in [4.78, 5) is 2.32. The van der Waals surface area contributed by atoms with Crippen LogP contribution in [0.3, 0.4) is 0 Å². The number of nitrogens with zero attached hydrogens (tertiary/aromatic N) is 1. The fourth-order valence-corrected chi connectivity index (χ4v) is 4.36. The zero-order valence-corrected chi connectivity index (χ0v) is 16.5. The number of ether oxygens (including phenoxy) is 1. The third-order valence-corrected chi connectivity index (χ3v) is 6.75. The molecule has 6 heteroatoms. The zero-order valence-electron chi connectivity index (χ0n) is 15.7. The van der Waals surface area contributed by atoms with E-state index in [1.54, 1.807) is 6.92 Å². The zero-order chi connectivity index (χ0) is 18.3. The van der Waals surface area contributed by atoms with Crippen LogP contribution < -0.4 is 4.72 Å². The Hall–Kier alpha value is -0.950. The molecule has 2 rings (SSSR count). The van der Waals surface area contributed by atoms with Crippen molar-refractivity contribution in [1.82, 2.24) is 9.62 Å². The molecule has 0 unspecified atom stereocenters. The monoisotopic (exact) mass is 368 g/mol. The Labute approximate surface area is 152 Å². The number of unbranched alkanes of at least 4 members (excludes halogenated alkanes) is 1. The van der Waals surface area contributed by atoms with Crippen LogP contribution in [0.4, 0.5) is 0 Å². The van der Waals surface area contributed by atoms with Crippen molar-refractivity contribution in [3.63, 3.8) is 0 Å². The van der Waals surface area contributed by atoms with Gasteiger partial charge in [0.15, 0.2) is 0 Å². The van der Waals surface area contributed by atoms with E-state index >= 15 is 0 Å². The van der Waals surface area contributed by atoms with E-state index < -0.39 is 10.0 Å². The summed E-state index contributed by atoms with van der Waals surface area (Å²) in [6.45, 7) is 9.40. The van der Waals surface area contributed by atoms with Crippen LogP contribution in [0.2, 0.25) is 0 Å². The highest BCUT2D eigenvalue weighted by molar-refractivity contribution is 7.90. The van der Waals surface area contributed by atoms with Gasteiger partial charge in [0.05, 0.1) is 18.5 Å². The minimum Gasteiger partial charge on any atom is -0.379 e. The van der Waals surface area contributed by atoms with Crippen LogP contribution in [0, 0.1) is 6.92 Å². The molecule has 0 amide bonds. The van der Waals surface area contributed by atoms with Crippen molar-refractivity contribution in [2.24, 2.45) is 0 Å². The average Bonchev–Trinajstić information content (AvgIpc) is 2.60. The van der Waals surface area contributed by atoms with E-state index in [0.717, 1.165) is 31.5 Å². The maximum absolute atomic E-state index is 12.6. The van der Waals surface area contributed by atoms with Gasteiger partial charge in [0.1, 0.15) is 0 Å². The van der Waals surface area contributed by atoms with Gasteiger partial charge in [0.25, 0.3) is 0 Å². The molecule has 5 nitrogen and oxygen atoms in total. The van der Waals surface area contributed by atoms with E-state index in [-0.39, 0.29) is 11.3 Å². The highest BCUT2D eigenvalue weighted by Crippen LogP contribution is 2.23. The molecule has 1 aliphatic heterocycles. The first kappa shape index (κ1) is 20.4. The molecule has 0 aliphatic carbocycles. The Morgan fingerprint density at radius 1 is 1.28 bits per heavy atom. The van der Waals surface area contributed by atoms with Gasteiger partial charge in [-0.05, 0) is 25.8 Å². The molecule has 1 fully saturated rings. The Kier molecular flexibility index (Phi) is 7.87. The lowest BCUT2D eigenvalue weighted by Gasteiger charge is -2.35. The lowest BCUT2D eigenvalue weighted by molar-refractivity contribution is 0.0172. The van der Waals surface area contributed by atoms with Gasteiger partial charge in [-0.15, -0.1) is 0 Å². The second-order valence-electron chi connectivity index (χ2n) is 6.92. The van der Waals surface area contributed by atoms with Crippen molar-refractivity contribution >= 4 is 10.0 Å². The first-order valence-electron chi connectivity index (χ1n) is 9.31. The third-order valence-electron chi connectivity index (χ3n) is 4.89. The molecular weight excluding hydrogens is 336 g/mol. The number of hydrogen-bond acceptors (Lipinski definition) is 4. The predicted octanol–water partition coefficient (Wildman–Crippen LogP) is 2.87. The summed E-state index contributed by atoms with van der Waals surface area (Å²) in [7, 11) is -3.29. The highest BCUT2D eigenvalue weighted by Gasteiger charge is 2.26. The number of aryl methyl sites for hydroxylation is 1. The molecular formula is C19H32N2O3S. The van der Waals surface area contributed by atoms with Gasteiger partial charge in [0.2, 0.25) is 10.0 Å². The minimum atomic E-state index is -3.29. The molecule has 1 aromatic carbocycles. The Morgan fingerprint density at radius 3 is 2.64 bits per heavy atom. The second-order valence-corrected chi connectivity index (χ2v) is 9.11. The molecule has 1 heterocycles. The van der Waals surface area contributed by atoms with Gasteiger partial charge >= 0.3 is 0 Å². The van der Waals surface area contributed by atoms with Crippen LogP contribution in [0.15, 0.2) is 24.3 Å². The number of sulfonamides is 1. The highest BCUT2D eigenvalue weighted by atomic mass is 32.2. The smallest absolute Gasteiger partial charge is 0.214 e. The normalized spacial score (nSPS) is 18.8. The molecule has 142 valence electrons. The van der Waals surface area contributed by atoms with Crippen molar-refractivity contribution in [3.05, 3.63) is 35.4 Å². The lowest BCUT2D eigenvalue weighted by Crippen LogP contribution is -2.45. The van der Waals surface area contributed by atoms with Gasteiger partial charge in [-0.2, -0.15) is 0 Å². The molecule has 1 N–H and O–H groups in total. The van der Waals surface area contributed by atoms with Crippen LogP contribution in [0.5, 0.6) is 0 Å². The van der Waals surface area contributed by atoms with Crippen molar-refractivity contribution in [3.8, 4) is 0 Å². The number of hydrogen-bond donors (Lipinski definition) is 1. The number of rotatable bonds is 9. The van der Waals surface area contributed by atoms with Crippen LogP contribution in [0.25, 0.3) is 0 Å². The van der Waals surface area contributed by atoms with E-state index in [1.165, 1.54) is 5.56 Å². The number of benzene rings is 1. The molecule has 0 aromatic heterocycles. The van der Waals surface area contributed by atoms with Gasteiger partial charge in [0, 0.05) is 25.7 Å². The molecule has 2 atom stereocenters. The Morgan fingerprint density at radius 2 is 2.00 bits per heavy atom. The third kappa shape index (κ3) is 6.06. The van der Waals surface area contributed by atoms with E-state index in [1.807, 2.05) is 6.07 Å². The SMILES string of the molecule is CCCC[C@@H](C)S(=O)(=O)NC[C@H](c1cccc(C)c1)N1CCOCC1. The lowest BCUT2D eigenvalue weighted by atomic mass is 10.0. The summed E-state index contributed by atoms with van der Waals surface area (Å²) in [5.74, 6) is 0. The van der Waals surface area contributed by atoms with E-state index in [9.17, 15) is 8.42 Å². The average molecular weight is 369 g/mol. The van der Waals surface area contributed by atoms with Gasteiger partial charge in [-0.1, -0.05) is 49.6 Å². The predicted molar refractivity (Wildman–Crippen MR) is 102 cm³/mol. The summed E-state index contributed by atoms with van der Waals surface area (Å²) in [5.41, 5.74) is 2.35. The molecule has 0 saturated carbocycles. The molecule has 0 spiro atoms. The largest absolute Gasteiger partial charge is 0.379 e. The summed E-state index contributed by atoms with van der Waals surface area (Å²) in [5, 5.41) is -0.352. The topological polar surface area (TPSA) is 58.6 Å².